The molecule has 282 valence electrons. The first-order valence-corrected chi connectivity index (χ1v) is 20.0. The van der Waals surface area contributed by atoms with Gasteiger partial charge in [-0.3, -0.25) is 0 Å². The van der Waals surface area contributed by atoms with E-state index < -0.39 is 33.5 Å². The van der Waals surface area contributed by atoms with Crippen molar-refractivity contribution in [2.45, 2.75) is 66.6 Å². The van der Waals surface area contributed by atoms with Crippen molar-refractivity contribution in [2.24, 2.45) is 10.7 Å². The summed E-state index contributed by atoms with van der Waals surface area (Å²) in [6, 6.07) is 16.9. The number of nitrogens with zero attached hydrogens (tertiary/aromatic N) is 1. The highest BCUT2D eigenvalue weighted by Gasteiger charge is 2.27. The van der Waals surface area contributed by atoms with E-state index in [-0.39, 0.29) is 21.2 Å². The number of carboxylic acids is 1. The van der Waals surface area contributed by atoms with Crippen molar-refractivity contribution in [3.63, 3.8) is 0 Å². The van der Waals surface area contributed by atoms with Crippen LogP contribution in [0.3, 0.4) is 0 Å². The average molecular weight is 782 g/mol. The summed E-state index contributed by atoms with van der Waals surface area (Å²) in [6.07, 6.45) is 3.07. The maximum Gasteiger partial charge on any atom is 0.436 e. The molecule has 53 heavy (non-hydrogen) atoms. The smallest absolute Gasteiger partial charge is 0.436 e. The van der Waals surface area contributed by atoms with Crippen LogP contribution in [0.5, 0.6) is 5.75 Å². The van der Waals surface area contributed by atoms with Crippen LogP contribution in [0, 0.1) is 6.92 Å². The number of thiophene rings is 1. The number of carbonyl (C=O) groups is 3. The molecule has 0 radical (unpaired) electrons. The number of unbranched alkanes of at least 4 members (excludes halogenated alkanes) is 2. The molecule has 0 aliphatic carbocycles. The van der Waals surface area contributed by atoms with Gasteiger partial charge in [0.05, 0.1) is 36.7 Å². The first kappa shape index (κ1) is 40.7. The molecule has 4 rings (SSSR count). The minimum Gasteiger partial charge on any atom is -0.494 e. The number of aryl methyl sites for hydroxylation is 1. The zero-order chi connectivity index (χ0) is 38.9. The van der Waals surface area contributed by atoms with Gasteiger partial charge in [0, 0.05) is 17.8 Å². The van der Waals surface area contributed by atoms with Crippen molar-refractivity contribution in [1.29, 1.82) is 0 Å². The molecule has 1 aromatic heterocycles. The summed E-state index contributed by atoms with van der Waals surface area (Å²) in [5, 5.41) is 14.7. The third kappa shape index (κ3) is 11.2. The number of hydrogen-bond acceptors (Lipinski definition) is 10. The van der Waals surface area contributed by atoms with E-state index in [4.69, 9.17) is 26.0 Å². The van der Waals surface area contributed by atoms with Gasteiger partial charge in [0.15, 0.2) is 0 Å². The lowest BCUT2D eigenvalue weighted by atomic mass is 9.97. The predicted molar refractivity (Wildman–Crippen MR) is 209 cm³/mol. The normalized spacial score (nSPS) is 11.9. The number of urea groups is 1. The van der Waals surface area contributed by atoms with Crippen LogP contribution in [0.15, 0.2) is 85.7 Å². The van der Waals surface area contributed by atoms with Crippen LogP contribution in [-0.4, -0.2) is 62.5 Å². The van der Waals surface area contributed by atoms with Crippen molar-refractivity contribution in [3.05, 3.63) is 82.7 Å². The molecule has 16 heteroatoms. The maximum atomic E-state index is 14.1. The molecule has 0 aliphatic rings. The third-order valence-electron chi connectivity index (χ3n) is 7.51. The summed E-state index contributed by atoms with van der Waals surface area (Å²) in [5.74, 6) is -0.568. The number of ether oxygens (including phenoxy) is 2. The van der Waals surface area contributed by atoms with Crippen molar-refractivity contribution < 1.29 is 37.4 Å². The lowest BCUT2D eigenvalue weighted by Crippen LogP contribution is -2.29. The number of thioether (sulfide) groups is 1. The van der Waals surface area contributed by atoms with E-state index in [2.05, 4.69) is 15.6 Å². The van der Waals surface area contributed by atoms with E-state index in [1.807, 2.05) is 6.92 Å². The molecule has 13 nitrogen and oxygen atoms in total. The largest absolute Gasteiger partial charge is 0.494 e. The van der Waals surface area contributed by atoms with E-state index in [9.17, 15) is 22.8 Å². The van der Waals surface area contributed by atoms with Gasteiger partial charge >= 0.3 is 18.1 Å². The van der Waals surface area contributed by atoms with E-state index in [1.165, 1.54) is 36.0 Å². The van der Waals surface area contributed by atoms with E-state index in [0.717, 1.165) is 29.7 Å². The Balaban J connectivity index is 1.44. The number of nitrogens with one attached hydrogen (secondary N) is 2. The van der Waals surface area contributed by atoms with Crippen molar-refractivity contribution in [2.75, 3.05) is 30.5 Å². The molecule has 0 spiro atoms. The molecule has 7 N–H and O–H groups in total. The van der Waals surface area contributed by atoms with Crippen LogP contribution in [-0.2, 0) is 14.6 Å². The zero-order valence-corrected chi connectivity index (χ0v) is 32.5. The second-order valence-electron chi connectivity index (χ2n) is 12.9. The van der Waals surface area contributed by atoms with Crippen molar-refractivity contribution in [3.8, 4) is 16.9 Å². The molecule has 1 heterocycles. The fourth-order valence-corrected chi connectivity index (χ4v) is 9.09. The lowest BCUT2D eigenvalue weighted by molar-refractivity contribution is 0.0603. The zero-order valence-electron chi connectivity index (χ0n) is 30.0. The van der Waals surface area contributed by atoms with E-state index in [0.29, 0.717) is 56.9 Å². The number of aliphatic imine (C=N–C) groups is 1. The second-order valence-corrected chi connectivity index (χ2v) is 16.9. The van der Waals surface area contributed by atoms with Crippen LogP contribution < -0.4 is 26.8 Å². The number of amides is 3. The quantitative estimate of drug-likeness (QED) is 0.0277. The number of aromatic carboxylic acids is 1. The first-order valence-electron chi connectivity index (χ1n) is 16.5. The Hall–Kier alpha value is -5.06. The summed E-state index contributed by atoms with van der Waals surface area (Å²) >= 11 is 2.34. The van der Waals surface area contributed by atoms with Crippen LogP contribution >= 0.6 is 23.1 Å². The van der Waals surface area contributed by atoms with Gasteiger partial charge in [-0.05, 0) is 119 Å². The molecular weight excluding hydrogens is 739 g/mol. The van der Waals surface area contributed by atoms with Crippen molar-refractivity contribution in [1.82, 2.24) is 5.32 Å². The Morgan fingerprint density at radius 2 is 1.72 bits per heavy atom. The minimum atomic E-state index is -4.07. The molecule has 0 fully saturated rings. The highest BCUT2D eigenvalue weighted by molar-refractivity contribution is 8.01. The highest BCUT2D eigenvalue weighted by atomic mass is 32.2. The van der Waals surface area contributed by atoms with Gasteiger partial charge in [-0.15, -0.1) is 23.1 Å². The molecule has 3 amide bonds. The van der Waals surface area contributed by atoms with Gasteiger partial charge in [-0.2, -0.15) is 4.99 Å². The third-order valence-corrected chi connectivity index (χ3v) is 11.8. The number of carbonyl (C=O) groups excluding carboxylic acids is 2. The molecule has 0 unspecified atom stereocenters. The van der Waals surface area contributed by atoms with Crippen LogP contribution in [0.4, 0.5) is 21.0 Å². The van der Waals surface area contributed by atoms with Crippen molar-refractivity contribution >= 4 is 68.2 Å². The molecule has 0 saturated heterocycles. The van der Waals surface area contributed by atoms with Gasteiger partial charge in [-0.25, -0.2) is 22.8 Å². The average Bonchev–Trinajstić information content (AvgIpc) is 3.53. The Morgan fingerprint density at radius 1 is 1.00 bits per heavy atom. The summed E-state index contributed by atoms with van der Waals surface area (Å²) < 4.78 is 39.5. The number of nitrogen functional groups attached to an aromatic ring is 1. The predicted octanol–water partition coefficient (Wildman–Crippen LogP) is 7.57. The number of nitrogens with two attached hydrogens (primary N) is 2. The van der Waals surface area contributed by atoms with Crippen LogP contribution in [0.2, 0.25) is 0 Å². The first-order chi connectivity index (χ1) is 25.0. The Labute approximate surface area is 317 Å². The maximum absolute atomic E-state index is 14.1. The fraction of sp³-hybridized carbons (Fsp3) is 0.297. The topological polar surface area (TPSA) is 212 Å². The number of hydrogen-bond donors (Lipinski definition) is 5. The van der Waals surface area contributed by atoms with Gasteiger partial charge in [0.2, 0.25) is 9.84 Å². The number of rotatable bonds is 14. The molecular formula is C37H43N5O8S3. The molecule has 0 bridgehead atoms. The van der Waals surface area contributed by atoms with Gasteiger partial charge in [-0.1, -0.05) is 12.1 Å². The molecule has 3 aromatic carbocycles. The standard InChI is InChI=1S/C37H43N5O8S3/c1-22-18-25(38)20-28(41-35(45)40-16-7-6-8-17-49-26-14-12-23(13-15-26)33(43)44)31(22)24-10-9-11-27(19-24)53(47,48)30-21-29(52-34(30)51-5)32(39)42-36(46)50-37(2,3)4/h9-15,18-21H,6-8,16-17,38H2,1-5H3,(H,43,44)(H2,39,42,46)(H2,40,41,45). The monoisotopic (exact) mass is 781 g/mol. The van der Waals surface area contributed by atoms with E-state index in [1.54, 1.807) is 69.5 Å². The Morgan fingerprint density at radius 3 is 2.38 bits per heavy atom. The summed E-state index contributed by atoms with van der Waals surface area (Å²) in [6.45, 7) is 7.76. The van der Waals surface area contributed by atoms with E-state index >= 15 is 0 Å². The Kier molecular flexibility index (Phi) is 13.5. The van der Waals surface area contributed by atoms with Gasteiger partial charge < -0.3 is 36.7 Å². The van der Waals surface area contributed by atoms with Gasteiger partial charge in [0.1, 0.15) is 17.2 Å². The summed E-state index contributed by atoms with van der Waals surface area (Å²) in [7, 11) is -4.07. The number of carboxylic acid groups (broad SMARTS) is 1. The lowest BCUT2D eigenvalue weighted by Gasteiger charge is -2.17. The number of amidine groups is 1. The SMILES string of the molecule is CSc1sc(/C(N)=N\C(=O)OC(C)(C)C)cc1S(=O)(=O)c1cccc(-c2c(C)cc(N)cc2NC(=O)NCCCCCOc2ccc(C(=O)O)cc2)c1. The second kappa shape index (κ2) is 17.6. The summed E-state index contributed by atoms with van der Waals surface area (Å²) in [4.78, 5) is 40.3. The van der Waals surface area contributed by atoms with Crippen LogP contribution in [0.1, 0.15) is 60.8 Å². The number of sulfone groups is 1. The number of anilines is 2. The molecule has 4 aromatic rings. The van der Waals surface area contributed by atoms with Crippen LogP contribution in [0.25, 0.3) is 11.1 Å². The Bertz CT molecular complexity index is 2110. The fourth-order valence-electron chi connectivity index (χ4n) is 5.15. The molecule has 0 atom stereocenters. The van der Waals surface area contributed by atoms with Gasteiger partial charge in [0.25, 0.3) is 0 Å². The molecule has 0 saturated carbocycles. The number of benzene rings is 3. The highest BCUT2D eigenvalue weighted by Crippen LogP contribution is 2.39. The minimum absolute atomic E-state index is 0.0187. The molecule has 0 aliphatic heterocycles. The summed E-state index contributed by atoms with van der Waals surface area (Å²) in [5.41, 5.74) is 14.4.